The van der Waals surface area contributed by atoms with Crippen LogP contribution in [0.3, 0.4) is 0 Å². The van der Waals surface area contributed by atoms with E-state index in [0.29, 0.717) is 5.41 Å². The molecule has 0 aromatic heterocycles. The molecule has 1 N–H and O–H groups in total. The maximum atomic E-state index is 3.68. The SMILES string of the molecule is CN1CCC(N(C)CC(C)(C)CNC2CC2)CC1. The number of nitrogens with one attached hydrogen (secondary N) is 1. The summed E-state index contributed by atoms with van der Waals surface area (Å²) in [6.07, 6.45) is 5.44. The van der Waals surface area contributed by atoms with E-state index in [1.54, 1.807) is 0 Å². The molecule has 1 heterocycles. The van der Waals surface area contributed by atoms with Crippen LogP contribution in [0.2, 0.25) is 0 Å². The normalized spacial score (nSPS) is 23.8. The van der Waals surface area contributed by atoms with E-state index in [1.807, 2.05) is 0 Å². The van der Waals surface area contributed by atoms with E-state index in [9.17, 15) is 0 Å². The van der Waals surface area contributed by atoms with Gasteiger partial charge in [0.25, 0.3) is 0 Å². The van der Waals surface area contributed by atoms with Crippen LogP contribution in [0, 0.1) is 5.41 Å². The van der Waals surface area contributed by atoms with Crippen molar-refractivity contribution >= 4 is 0 Å². The summed E-state index contributed by atoms with van der Waals surface area (Å²) in [6, 6.07) is 1.62. The molecule has 0 unspecified atom stereocenters. The average Bonchev–Trinajstić information content (AvgIpc) is 3.10. The fourth-order valence-corrected chi connectivity index (χ4v) is 3.00. The van der Waals surface area contributed by atoms with Gasteiger partial charge in [-0.2, -0.15) is 0 Å². The monoisotopic (exact) mass is 253 g/mol. The van der Waals surface area contributed by atoms with Crippen LogP contribution in [-0.2, 0) is 0 Å². The van der Waals surface area contributed by atoms with Gasteiger partial charge >= 0.3 is 0 Å². The molecule has 106 valence electrons. The van der Waals surface area contributed by atoms with Crippen molar-refractivity contribution in [1.82, 2.24) is 15.1 Å². The second kappa shape index (κ2) is 5.89. The first-order valence-corrected chi connectivity index (χ1v) is 7.58. The Bertz CT molecular complexity index is 252. The summed E-state index contributed by atoms with van der Waals surface area (Å²) < 4.78 is 0. The highest BCUT2D eigenvalue weighted by Crippen LogP contribution is 2.24. The molecule has 18 heavy (non-hydrogen) atoms. The van der Waals surface area contributed by atoms with Crippen molar-refractivity contribution in [3.8, 4) is 0 Å². The van der Waals surface area contributed by atoms with E-state index in [0.717, 1.165) is 18.6 Å². The van der Waals surface area contributed by atoms with Gasteiger partial charge in [0.05, 0.1) is 0 Å². The third kappa shape index (κ3) is 4.52. The summed E-state index contributed by atoms with van der Waals surface area (Å²) in [5.41, 5.74) is 0.390. The van der Waals surface area contributed by atoms with E-state index in [2.05, 4.69) is 43.1 Å². The third-order valence-corrected chi connectivity index (χ3v) is 4.44. The van der Waals surface area contributed by atoms with Crippen LogP contribution in [0.1, 0.15) is 39.5 Å². The van der Waals surface area contributed by atoms with Crippen molar-refractivity contribution in [3.63, 3.8) is 0 Å². The minimum absolute atomic E-state index is 0.390. The number of nitrogens with zero attached hydrogens (tertiary/aromatic N) is 2. The minimum Gasteiger partial charge on any atom is -0.313 e. The molecule has 0 bridgehead atoms. The van der Waals surface area contributed by atoms with Crippen molar-refractivity contribution < 1.29 is 0 Å². The summed E-state index contributed by atoms with van der Waals surface area (Å²) in [5, 5.41) is 3.68. The first-order chi connectivity index (χ1) is 8.46. The number of hydrogen-bond donors (Lipinski definition) is 1. The lowest BCUT2D eigenvalue weighted by molar-refractivity contribution is 0.106. The van der Waals surface area contributed by atoms with Crippen LogP contribution in [0.25, 0.3) is 0 Å². The maximum Gasteiger partial charge on any atom is 0.0117 e. The minimum atomic E-state index is 0.390. The Hall–Kier alpha value is -0.120. The predicted molar refractivity (Wildman–Crippen MR) is 78.0 cm³/mol. The lowest BCUT2D eigenvalue weighted by atomic mass is 9.91. The average molecular weight is 253 g/mol. The quantitative estimate of drug-likeness (QED) is 0.778. The Morgan fingerprint density at radius 1 is 1.17 bits per heavy atom. The first-order valence-electron chi connectivity index (χ1n) is 7.58. The van der Waals surface area contributed by atoms with Gasteiger partial charge in [0, 0.05) is 25.2 Å². The van der Waals surface area contributed by atoms with Gasteiger partial charge in [0.15, 0.2) is 0 Å². The molecule has 3 heteroatoms. The molecule has 0 spiro atoms. The standard InChI is InChI=1S/C15H31N3/c1-15(2,11-16-13-5-6-13)12-18(4)14-7-9-17(3)10-8-14/h13-14,16H,5-12H2,1-4H3. The van der Waals surface area contributed by atoms with Crippen molar-refractivity contribution in [2.75, 3.05) is 40.3 Å². The molecule has 0 aromatic rings. The molecule has 0 radical (unpaired) electrons. The molecule has 1 saturated carbocycles. The second-order valence-electron chi connectivity index (χ2n) is 7.27. The zero-order valence-corrected chi connectivity index (χ0v) is 12.7. The molecule has 1 saturated heterocycles. The third-order valence-electron chi connectivity index (χ3n) is 4.44. The number of piperidine rings is 1. The summed E-state index contributed by atoms with van der Waals surface area (Å²) in [4.78, 5) is 5.05. The maximum absolute atomic E-state index is 3.68. The smallest absolute Gasteiger partial charge is 0.0117 e. The molecule has 1 aliphatic heterocycles. The fraction of sp³-hybridized carbons (Fsp3) is 1.00. The van der Waals surface area contributed by atoms with E-state index in [-0.39, 0.29) is 0 Å². The molecule has 0 aromatic carbocycles. The van der Waals surface area contributed by atoms with Crippen LogP contribution < -0.4 is 5.32 Å². The Kier molecular flexibility index (Phi) is 4.68. The molecular formula is C15H31N3. The Labute approximate surface area is 113 Å². The fourth-order valence-electron chi connectivity index (χ4n) is 3.00. The summed E-state index contributed by atoms with van der Waals surface area (Å²) in [5.74, 6) is 0. The Balaban J connectivity index is 1.72. The van der Waals surface area contributed by atoms with Crippen LogP contribution in [-0.4, -0.2) is 62.2 Å². The van der Waals surface area contributed by atoms with E-state index < -0.39 is 0 Å². The molecule has 1 aliphatic carbocycles. The highest BCUT2D eigenvalue weighted by Gasteiger charge is 2.28. The van der Waals surface area contributed by atoms with E-state index in [4.69, 9.17) is 0 Å². The molecular weight excluding hydrogens is 222 g/mol. The van der Waals surface area contributed by atoms with Crippen LogP contribution in [0.5, 0.6) is 0 Å². The molecule has 2 rings (SSSR count). The van der Waals surface area contributed by atoms with Gasteiger partial charge in [-0.1, -0.05) is 13.8 Å². The van der Waals surface area contributed by atoms with Crippen molar-refractivity contribution in [2.45, 2.75) is 51.6 Å². The van der Waals surface area contributed by atoms with Gasteiger partial charge in [-0.15, -0.1) is 0 Å². The number of hydrogen-bond acceptors (Lipinski definition) is 3. The van der Waals surface area contributed by atoms with Gasteiger partial charge in [0.1, 0.15) is 0 Å². The predicted octanol–water partition coefficient (Wildman–Crippen LogP) is 1.79. The molecule has 3 nitrogen and oxygen atoms in total. The lowest BCUT2D eigenvalue weighted by Crippen LogP contribution is -2.47. The Morgan fingerprint density at radius 3 is 2.33 bits per heavy atom. The summed E-state index contributed by atoms with van der Waals surface area (Å²) in [7, 11) is 4.55. The second-order valence-corrected chi connectivity index (χ2v) is 7.27. The van der Waals surface area contributed by atoms with Crippen molar-refractivity contribution in [3.05, 3.63) is 0 Å². The first kappa shape index (κ1) is 14.3. The largest absolute Gasteiger partial charge is 0.313 e. The number of likely N-dealkylation sites (tertiary alicyclic amines) is 1. The van der Waals surface area contributed by atoms with Crippen LogP contribution in [0.4, 0.5) is 0 Å². The molecule has 0 amide bonds. The summed E-state index contributed by atoms with van der Waals surface area (Å²) in [6.45, 7) is 9.68. The van der Waals surface area contributed by atoms with Crippen LogP contribution >= 0.6 is 0 Å². The zero-order chi connectivity index (χ0) is 13.2. The Morgan fingerprint density at radius 2 is 1.78 bits per heavy atom. The summed E-state index contributed by atoms with van der Waals surface area (Å²) >= 11 is 0. The van der Waals surface area contributed by atoms with Gasteiger partial charge < -0.3 is 15.1 Å². The van der Waals surface area contributed by atoms with Gasteiger partial charge in [-0.25, -0.2) is 0 Å². The van der Waals surface area contributed by atoms with Crippen molar-refractivity contribution in [2.24, 2.45) is 5.41 Å². The van der Waals surface area contributed by atoms with Crippen LogP contribution in [0.15, 0.2) is 0 Å². The van der Waals surface area contributed by atoms with Crippen molar-refractivity contribution in [1.29, 1.82) is 0 Å². The molecule has 2 fully saturated rings. The lowest BCUT2D eigenvalue weighted by Gasteiger charge is -2.39. The zero-order valence-electron chi connectivity index (χ0n) is 12.7. The van der Waals surface area contributed by atoms with Gasteiger partial charge in [-0.05, 0) is 58.3 Å². The molecule has 0 atom stereocenters. The van der Waals surface area contributed by atoms with Gasteiger partial charge in [0.2, 0.25) is 0 Å². The highest BCUT2D eigenvalue weighted by atomic mass is 15.2. The van der Waals surface area contributed by atoms with Gasteiger partial charge in [-0.3, -0.25) is 0 Å². The van der Waals surface area contributed by atoms with E-state index in [1.165, 1.54) is 45.3 Å². The number of rotatable bonds is 6. The topological polar surface area (TPSA) is 18.5 Å². The highest BCUT2D eigenvalue weighted by molar-refractivity contribution is 4.86. The van der Waals surface area contributed by atoms with E-state index >= 15 is 0 Å². The molecule has 2 aliphatic rings.